The molecule has 1 aromatic rings. The number of benzene rings is 1. The van der Waals surface area contributed by atoms with Crippen LogP contribution in [-0.2, 0) is 4.79 Å². The lowest BCUT2D eigenvalue weighted by molar-refractivity contribution is -0.116. The average molecular weight is 332 g/mol. The van der Waals surface area contributed by atoms with Crippen LogP contribution in [0, 0.1) is 5.92 Å². The molecule has 1 aromatic carbocycles. The lowest BCUT2D eigenvalue weighted by Gasteiger charge is -2.18. The Balaban J connectivity index is 2.44. The van der Waals surface area contributed by atoms with Crippen LogP contribution in [0.1, 0.15) is 26.7 Å². The van der Waals surface area contributed by atoms with E-state index in [0.29, 0.717) is 33.8 Å². The Kier molecular flexibility index (Phi) is 7.29. The van der Waals surface area contributed by atoms with Crippen LogP contribution in [0.2, 0.25) is 10.0 Å². The number of rotatable bonds is 7. The number of nitrogen functional groups attached to an aromatic ring is 1. The number of carbonyl (C=O) groups is 1. The van der Waals surface area contributed by atoms with Gasteiger partial charge in [0.1, 0.15) is 0 Å². The van der Waals surface area contributed by atoms with E-state index in [1.54, 1.807) is 12.1 Å². The van der Waals surface area contributed by atoms with Gasteiger partial charge in [-0.15, -0.1) is 0 Å². The molecular formula is C15H23Cl2N3O. The number of nitrogens with zero attached hydrogens (tertiary/aromatic N) is 1. The van der Waals surface area contributed by atoms with Crippen LogP contribution in [0.25, 0.3) is 0 Å². The zero-order valence-electron chi connectivity index (χ0n) is 12.7. The molecule has 3 N–H and O–H groups in total. The highest BCUT2D eigenvalue weighted by Gasteiger charge is 2.11. The van der Waals surface area contributed by atoms with Crippen molar-refractivity contribution in [2.45, 2.75) is 26.7 Å². The summed E-state index contributed by atoms with van der Waals surface area (Å²) in [5.74, 6) is 0.528. The van der Waals surface area contributed by atoms with E-state index in [-0.39, 0.29) is 5.91 Å². The second-order valence-corrected chi connectivity index (χ2v) is 6.50. The number of amides is 1. The largest absolute Gasteiger partial charge is 0.397 e. The van der Waals surface area contributed by atoms with Crippen molar-refractivity contribution >= 4 is 40.5 Å². The molecule has 1 rings (SSSR count). The predicted molar refractivity (Wildman–Crippen MR) is 91.1 cm³/mol. The molecule has 0 aliphatic rings. The van der Waals surface area contributed by atoms with Crippen molar-refractivity contribution in [2.24, 2.45) is 5.92 Å². The Morgan fingerprint density at radius 2 is 2.05 bits per heavy atom. The molecule has 4 nitrogen and oxygen atoms in total. The first kappa shape index (κ1) is 18.1. The van der Waals surface area contributed by atoms with E-state index in [4.69, 9.17) is 28.9 Å². The molecule has 0 fully saturated rings. The smallest absolute Gasteiger partial charge is 0.224 e. The quantitative estimate of drug-likeness (QED) is 0.745. The summed E-state index contributed by atoms with van der Waals surface area (Å²) in [5.41, 5.74) is 6.62. The van der Waals surface area contributed by atoms with Gasteiger partial charge < -0.3 is 16.0 Å². The average Bonchev–Trinajstić information content (AvgIpc) is 2.32. The molecule has 0 saturated heterocycles. The van der Waals surface area contributed by atoms with E-state index in [1.807, 2.05) is 0 Å². The number of carbonyl (C=O) groups excluding carboxylic acids is 1. The Labute approximate surface area is 136 Å². The Morgan fingerprint density at radius 3 is 2.62 bits per heavy atom. The van der Waals surface area contributed by atoms with Gasteiger partial charge >= 0.3 is 0 Å². The number of halogens is 2. The molecule has 6 heteroatoms. The van der Waals surface area contributed by atoms with Crippen molar-refractivity contribution < 1.29 is 4.79 Å². The molecule has 0 radical (unpaired) electrons. The van der Waals surface area contributed by atoms with Crippen molar-refractivity contribution in [2.75, 3.05) is 31.2 Å². The number of hydrogen-bond acceptors (Lipinski definition) is 3. The van der Waals surface area contributed by atoms with Crippen molar-refractivity contribution in [3.63, 3.8) is 0 Å². The fourth-order valence-electron chi connectivity index (χ4n) is 2.15. The van der Waals surface area contributed by atoms with Crippen molar-refractivity contribution in [3.05, 3.63) is 22.2 Å². The Bertz CT molecular complexity index is 469. The van der Waals surface area contributed by atoms with E-state index in [0.717, 1.165) is 19.5 Å². The Hall–Kier alpha value is -0.970. The SMILES string of the molecule is CC(C)CN(C)CCCC(=O)Nc1c(N)cc(Cl)cc1Cl. The molecule has 0 heterocycles. The van der Waals surface area contributed by atoms with Crippen molar-refractivity contribution in [1.29, 1.82) is 0 Å². The van der Waals surface area contributed by atoms with Gasteiger partial charge in [-0.1, -0.05) is 37.0 Å². The van der Waals surface area contributed by atoms with Gasteiger partial charge in [-0.05, 0) is 38.1 Å². The van der Waals surface area contributed by atoms with E-state index in [2.05, 4.69) is 31.1 Å². The maximum absolute atomic E-state index is 11.9. The summed E-state index contributed by atoms with van der Waals surface area (Å²) in [7, 11) is 2.06. The van der Waals surface area contributed by atoms with Gasteiger partial charge in [0.2, 0.25) is 5.91 Å². The summed E-state index contributed by atoms with van der Waals surface area (Å²) in [6, 6.07) is 3.13. The molecule has 0 unspecified atom stereocenters. The molecule has 0 atom stereocenters. The minimum atomic E-state index is -0.0936. The van der Waals surface area contributed by atoms with Crippen LogP contribution in [0.4, 0.5) is 11.4 Å². The lowest BCUT2D eigenvalue weighted by atomic mass is 10.2. The molecule has 0 aliphatic heterocycles. The van der Waals surface area contributed by atoms with Gasteiger partial charge in [-0.2, -0.15) is 0 Å². The molecule has 0 saturated carbocycles. The second-order valence-electron chi connectivity index (χ2n) is 5.66. The van der Waals surface area contributed by atoms with Crippen LogP contribution in [0.15, 0.2) is 12.1 Å². The first-order valence-electron chi connectivity index (χ1n) is 7.02. The van der Waals surface area contributed by atoms with Gasteiger partial charge in [-0.25, -0.2) is 0 Å². The predicted octanol–water partition coefficient (Wildman–Crippen LogP) is 3.88. The molecule has 0 bridgehead atoms. The number of anilines is 2. The van der Waals surface area contributed by atoms with Gasteiger partial charge in [0.25, 0.3) is 0 Å². The maximum Gasteiger partial charge on any atom is 0.224 e. The minimum absolute atomic E-state index is 0.0936. The number of hydrogen-bond donors (Lipinski definition) is 2. The monoisotopic (exact) mass is 331 g/mol. The fraction of sp³-hybridized carbons (Fsp3) is 0.533. The summed E-state index contributed by atoms with van der Waals surface area (Å²) < 4.78 is 0. The van der Waals surface area contributed by atoms with Crippen LogP contribution in [0.3, 0.4) is 0 Å². The highest BCUT2D eigenvalue weighted by Crippen LogP contribution is 2.32. The van der Waals surface area contributed by atoms with Gasteiger partial charge in [0, 0.05) is 18.0 Å². The fourth-order valence-corrected chi connectivity index (χ4v) is 2.71. The molecule has 0 spiro atoms. The highest BCUT2D eigenvalue weighted by molar-refractivity contribution is 6.37. The summed E-state index contributed by atoms with van der Waals surface area (Å²) in [5, 5.41) is 3.55. The molecule has 118 valence electrons. The highest BCUT2D eigenvalue weighted by atomic mass is 35.5. The van der Waals surface area contributed by atoms with Crippen LogP contribution >= 0.6 is 23.2 Å². The second kappa shape index (κ2) is 8.47. The molecular weight excluding hydrogens is 309 g/mol. The standard InChI is InChI=1S/C15H23Cl2N3O/c1-10(2)9-20(3)6-4-5-14(21)19-15-12(17)7-11(16)8-13(15)18/h7-8,10H,4-6,9,18H2,1-3H3,(H,19,21). The first-order valence-corrected chi connectivity index (χ1v) is 7.78. The van der Waals surface area contributed by atoms with Crippen LogP contribution in [-0.4, -0.2) is 30.9 Å². The third-order valence-corrected chi connectivity index (χ3v) is 3.49. The van der Waals surface area contributed by atoms with Gasteiger partial charge in [0.05, 0.1) is 16.4 Å². The van der Waals surface area contributed by atoms with E-state index >= 15 is 0 Å². The van der Waals surface area contributed by atoms with E-state index in [9.17, 15) is 4.79 Å². The maximum atomic E-state index is 11.9. The molecule has 0 aromatic heterocycles. The summed E-state index contributed by atoms with van der Waals surface area (Å²) in [4.78, 5) is 14.2. The lowest BCUT2D eigenvalue weighted by Crippen LogP contribution is -2.25. The summed E-state index contributed by atoms with van der Waals surface area (Å²) >= 11 is 11.9. The molecule has 21 heavy (non-hydrogen) atoms. The third-order valence-electron chi connectivity index (χ3n) is 2.97. The third kappa shape index (κ3) is 6.55. The normalized spacial score (nSPS) is 11.2. The van der Waals surface area contributed by atoms with Crippen LogP contribution in [0.5, 0.6) is 0 Å². The number of nitrogens with one attached hydrogen (secondary N) is 1. The Morgan fingerprint density at radius 1 is 1.38 bits per heavy atom. The first-order chi connectivity index (χ1) is 9.79. The minimum Gasteiger partial charge on any atom is -0.397 e. The van der Waals surface area contributed by atoms with Gasteiger partial charge in [-0.3, -0.25) is 4.79 Å². The topological polar surface area (TPSA) is 58.4 Å². The molecule has 0 aliphatic carbocycles. The number of nitrogens with two attached hydrogens (primary N) is 1. The summed E-state index contributed by atoms with van der Waals surface area (Å²) in [6.45, 7) is 6.26. The zero-order chi connectivity index (χ0) is 16.0. The van der Waals surface area contributed by atoms with Crippen molar-refractivity contribution in [3.8, 4) is 0 Å². The zero-order valence-corrected chi connectivity index (χ0v) is 14.3. The van der Waals surface area contributed by atoms with Crippen molar-refractivity contribution in [1.82, 2.24) is 4.90 Å². The van der Waals surface area contributed by atoms with E-state index < -0.39 is 0 Å². The summed E-state index contributed by atoms with van der Waals surface area (Å²) in [6.07, 6.45) is 1.22. The van der Waals surface area contributed by atoms with E-state index in [1.165, 1.54) is 0 Å². The van der Waals surface area contributed by atoms with Gasteiger partial charge in [0.15, 0.2) is 0 Å². The molecule has 1 amide bonds. The van der Waals surface area contributed by atoms with Crippen LogP contribution < -0.4 is 11.1 Å².